The SMILES string of the molecule is Cn1ncc(Cl)c1C(Cc1ccncc1)NN. The Morgan fingerprint density at radius 1 is 1.47 bits per heavy atom. The number of halogens is 1. The number of aryl methyl sites for hydroxylation is 1. The Bertz CT molecular complexity index is 462. The zero-order valence-electron chi connectivity index (χ0n) is 9.47. The molecule has 0 aliphatic carbocycles. The number of aromatic nitrogens is 3. The van der Waals surface area contributed by atoms with E-state index < -0.39 is 0 Å². The van der Waals surface area contributed by atoms with Crippen LogP contribution in [0, 0.1) is 0 Å². The van der Waals surface area contributed by atoms with E-state index in [1.807, 2.05) is 19.2 Å². The maximum absolute atomic E-state index is 6.09. The second-order valence-electron chi connectivity index (χ2n) is 3.78. The van der Waals surface area contributed by atoms with Crippen molar-refractivity contribution in [2.24, 2.45) is 12.9 Å². The minimum atomic E-state index is -0.0719. The summed E-state index contributed by atoms with van der Waals surface area (Å²) < 4.78 is 1.73. The van der Waals surface area contributed by atoms with Crippen LogP contribution in [0.1, 0.15) is 17.3 Å². The zero-order chi connectivity index (χ0) is 12.3. The molecule has 0 saturated heterocycles. The largest absolute Gasteiger partial charge is 0.271 e. The molecule has 17 heavy (non-hydrogen) atoms. The van der Waals surface area contributed by atoms with E-state index >= 15 is 0 Å². The van der Waals surface area contributed by atoms with Crippen molar-refractivity contribution < 1.29 is 0 Å². The summed E-state index contributed by atoms with van der Waals surface area (Å²) in [4.78, 5) is 3.98. The Balaban J connectivity index is 2.23. The quantitative estimate of drug-likeness (QED) is 0.633. The molecule has 2 rings (SSSR count). The molecule has 1 unspecified atom stereocenters. The predicted molar refractivity (Wildman–Crippen MR) is 66.2 cm³/mol. The van der Waals surface area contributed by atoms with Gasteiger partial charge in [0.2, 0.25) is 0 Å². The molecule has 0 aliphatic rings. The molecule has 0 aliphatic heterocycles. The lowest BCUT2D eigenvalue weighted by atomic mass is 10.1. The summed E-state index contributed by atoms with van der Waals surface area (Å²) in [7, 11) is 1.85. The minimum absolute atomic E-state index is 0.0719. The van der Waals surface area contributed by atoms with Crippen LogP contribution in [0.5, 0.6) is 0 Å². The van der Waals surface area contributed by atoms with Gasteiger partial charge in [-0.3, -0.25) is 20.9 Å². The monoisotopic (exact) mass is 251 g/mol. The molecule has 0 radical (unpaired) electrons. The Kier molecular flexibility index (Phi) is 3.73. The average Bonchev–Trinajstić information content (AvgIpc) is 2.68. The summed E-state index contributed by atoms with van der Waals surface area (Å²) in [5.74, 6) is 5.58. The van der Waals surface area contributed by atoms with E-state index in [9.17, 15) is 0 Å². The van der Waals surface area contributed by atoms with Gasteiger partial charge in [0, 0.05) is 19.4 Å². The van der Waals surface area contributed by atoms with Crippen LogP contribution >= 0.6 is 11.6 Å². The lowest BCUT2D eigenvalue weighted by Gasteiger charge is -2.16. The van der Waals surface area contributed by atoms with Gasteiger partial charge >= 0.3 is 0 Å². The molecule has 90 valence electrons. The highest BCUT2D eigenvalue weighted by atomic mass is 35.5. The van der Waals surface area contributed by atoms with E-state index in [2.05, 4.69) is 15.5 Å². The standard InChI is InChI=1S/C11H14ClN5/c1-17-11(9(12)7-15-17)10(16-13)6-8-2-4-14-5-3-8/h2-5,7,10,16H,6,13H2,1H3. The van der Waals surface area contributed by atoms with Crippen LogP contribution in [0.2, 0.25) is 5.02 Å². The molecule has 0 saturated carbocycles. The van der Waals surface area contributed by atoms with Gasteiger partial charge in [-0.2, -0.15) is 5.10 Å². The van der Waals surface area contributed by atoms with E-state index in [1.165, 1.54) is 0 Å². The third kappa shape index (κ3) is 2.63. The first kappa shape index (κ1) is 12.0. The van der Waals surface area contributed by atoms with Crippen molar-refractivity contribution in [3.05, 3.63) is 47.0 Å². The maximum Gasteiger partial charge on any atom is 0.0834 e. The molecule has 3 N–H and O–H groups in total. The topological polar surface area (TPSA) is 68.8 Å². The molecular formula is C11H14ClN5. The Morgan fingerprint density at radius 2 is 2.18 bits per heavy atom. The number of nitrogens with two attached hydrogens (primary N) is 1. The number of rotatable bonds is 4. The maximum atomic E-state index is 6.09. The molecule has 0 bridgehead atoms. The predicted octanol–water partition coefficient (Wildman–Crippen LogP) is 1.22. The van der Waals surface area contributed by atoms with Gasteiger partial charge in [0.15, 0.2) is 0 Å². The first-order chi connectivity index (χ1) is 8.22. The average molecular weight is 252 g/mol. The van der Waals surface area contributed by atoms with Crippen LogP contribution in [0.4, 0.5) is 0 Å². The number of pyridine rings is 1. The van der Waals surface area contributed by atoms with Crippen molar-refractivity contribution >= 4 is 11.6 Å². The van der Waals surface area contributed by atoms with Gasteiger partial charge in [0.25, 0.3) is 0 Å². The summed E-state index contributed by atoms with van der Waals surface area (Å²) in [6, 6.07) is 3.83. The summed E-state index contributed by atoms with van der Waals surface area (Å²) >= 11 is 6.09. The van der Waals surface area contributed by atoms with Crippen LogP contribution in [0.15, 0.2) is 30.7 Å². The molecular weight excluding hydrogens is 238 g/mol. The van der Waals surface area contributed by atoms with Crippen LogP contribution in [-0.2, 0) is 13.5 Å². The van der Waals surface area contributed by atoms with Crippen LogP contribution in [0.25, 0.3) is 0 Å². The molecule has 0 spiro atoms. The van der Waals surface area contributed by atoms with Gasteiger partial charge in [0.1, 0.15) is 0 Å². The molecule has 0 amide bonds. The summed E-state index contributed by atoms with van der Waals surface area (Å²) in [6.07, 6.45) is 5.87. The number of nitrogens with one attached hydrogen (secondary N) is 1. The third-order valence-electron chi connectivity index (χ3n) is 2.66. The van der Waals surface area contributed by atoms with E-state index in [-0.39, 0.29) is 6.04 Å². The van der Waals surface area contributed by atoms with Gasteiger partial charge in [-0.1, -0.05) is 11.6 Å². The van der Waals surface area contributed by atoms with Crippen molar-refractivity contribution in [3.63, 3.8) is 0 Å². The third-order valence-corrected chi connectivity index (χ3v) is 2.95. The van der Waals surface area contributed by atoms with Gasteiger partial charge < -0.3 is 0 Å². The van der Waals surface area contributed by atoms with Crippen LogP contribution < -0.4 is 11.3 Å². The minimum Gasteiger partial charge on any atom is -0.271 e. The fourth-order valence-electron chi connectivity index (χ4n) is 1.80. The highest BCUT2D eigenvalue weighted by Gasteiger charge is 2.18. The summed E-state index contributed by atoms with van der Waals surface area (Å²) in [5.41, 5.74) is 4.79. The lowest BCUT2D eigenvalue weighted by molar-refractivity contribution is 0.508. The lowest BCUT2D eigenvalue weighted by Crippen LogP contribution is -2.31. The Labute approximate surface area is 105 Å². The highest BCUT2D eigenvalue weighted by molar-refractivity contribution is 6.31. The molecule has 2 aromatic rings. The summed E-state index contributed by atoms with van der Waals surface area (Å²) in [6.45, 7) is 0. The van der Waals surface area contributed by atoms with E-state index in [4.69, 9.17) is 17.4 Å². The fourth-order valence-corrected chi connectivity index (χ4v) is 2.10. The van der Waals surface area contributed by atoms with E-state index in [1.54, 1.807) is 23.3 Å². The number of hydrazine groups is 1. The Hall–Kier alpha value is -1.43. The highest BCUT2D eigenvalue weighted by Crippen LogP contribution is 2.24. The molecule has 2 aromatic heterocycles. The molecule has 0 aromatic carbocycles. The van der Waals surface area contributed by atoms with Gasteiger partial charge in [0.05, 0.1) is 23.0 Å². The first-order valence-electron chi connectivity index (χ1n) is 5.24. The van der Waals surface area contributed by atoms with Crippen LogP contribution in [-0.4, -0.2) is 14.8 Å². The van der Waals surface area contributed by atoms with Crippen molar-refractivity contribution in [2.45, 2.75) is 12.5 Å². The second kappa shape index (κ2) is 5.27. The molecule has 1 atom stereocenters. The van der Waals surface area contributed by atoms with Crippen molar-refractivity contribution in [1.29, 1.82) is 0 Å². The van der Waals surface area contributed by atoms with Crippen molar-refractivity contribution in [3.8, 4) is 0 Å². The number of nitrogens with zero attached hydrogens (tertiary/aromatic N) is 3. The second-order valence-corrected chi connectivity index (χ2v) is 4.19. The molecule has 6 heteroatoms. The van der Waals surface area contributed by atoms with Crippen molar-refractivity contribution in [1.82, 2.24) is 20.2 Å². The van der Waals surface area contributed by atoms with Gasteiger partial charge in [-0.05, 0) is 24.1 Å². The molecule has 5 nitrogen and oxygen atoms in total. The summed E-state index contributed by atoms with van der Waals surface area (Å²) in [5, 5.41) is 4.72. The van der Waals surface area contributed by atoms with Crippen LogP contribution in [0.3, 0.4) is 0 Å². The zero-order valence-corrected chi connectivity index (χ0v) is 10.2. The van der Waals surface area contributed by atoms with Crippen molar-refractivity contribution in [2.75, 3.05) is 0 Å². The number of hydrogen-bond donors (Lipinski definition) is 2. The van der Waals surface area contributed by atoms with Gasteiger partial charge in [-0.25, -0.2) is 0 Å². The normalized spacial score (nSPS) is 12.6. The number of hydrogen-bond acceptors (Lipinski definition) is 4. The van der Waals surface area contributed by atoms with Gasteiger partial charge in [-0.15, -0.1) is 0 Å². The first-order valence-corrected chi connectivity index (χ1v) is 5.62. The fraction of sp³-hybridized carbons (Fsp3) is 0.273. The van der Waals surface area contributed by atoms with E-state index in [0.29, 0.717) is 5.02 Å². The Morgan fingerprint density at radius 3 is 2.71 bits per heavy atom. The molecule has 0 fully saturated rings. The molecule has 2 heterocycles. The smallest absolute Gasteiger partial charge is 0.0834 e. The van der Waals surface area contributed by atoms with E-state index in [0.717, 1.165) is 17.7 Å².